The van der Waals surface area contributed by atoms with E-state index in [9.17, 15) is 19.6 Å². The Morgan fingerprint density at radius 2 is 1.68 bits per heavy atom. The molecule has 37 heavy (non-hydrogen) atoms. The van der Waals surface area contributed by atoms with Crippen molar-refractivity contribution in [1.82, 2.24) is 14.7 Å². The van der Waals surface area contributed by atoms with Crippen LogP contribution in [-0.2, 0) is 4.79 Å². The maximum Gasteiger partial charge on any atom is 0.289 e. The van der Waals surface area contributed by atoms with Crippen molar-refractivity contribution in [1.29, 1.82) is 0 Å². The first-order valence-corrected chi connectivity index (χ1v) is 13.5. The van der Waals surface area contributed by atoms with Gasteiger partial charge < -0.3 is 14.9 Å². The lowest BCUT2D eigenvalue weighted by Gasteiger charge is -2.44. The second-order valence-corrected chi connectivity index (χ2v) is 10.9. The third-order valence-electron chi connectivity index (χ3n) is 8.16. The van der Waals surface area contributed by atoms with E-state index in [0.717, 1.165) is 36.7 Å². The first kappa shape index (κ1) is 25.5. The lowest BCUT2D eigenvalue weighted by Crippen LogP contribution is -2.53. The molecule has 1 aliphatic carbocycles. The highest BCUT2D eigenvalue weighted by Crippen LogP contribution is 2.35. The Balaban J connectivity index is 1.37. The standard InChI is InChI=1S/C29H36N4O4/c1-20-18-31(19-21-8-9-21)14-15-33(20)27(24-5-3-7-26(34)17-24)23-4-2-6-25(16-23)29(36)32-12-10-22(11-13-32)28(35)30-37/h2-7,16-17,20-22,27,34H,8-15,18-19H2,1H3. The predicted octanol–water partition coefficient (Wildman–Crippen LogP) is 4.04. The Morgan fingerprint density at radius 3 is 2.32 bits per heavy atom. The van der Waals surface area contributed by atoms with Gasteiger partial charge in [0, 0.05) is 62.0 Å². The molecular weight excluding hydrogens is 468 g/mol. The van der Waals surface area contributed by atoms with Crippen LogP contribution in [0, 0.1) is 16.7 Å². The van der Waals surface area contributed by atoms with Crippen molar-refractivity contribution >= 4 is 11.8 Å². The average molecular weight is 505 g/mol. The lowest BCUT2D eigenvalue weighted by molar-refractivity contribution is -0.122. The minimum Gasteiger partial charge on any atom is -0.508 e. The summed E-state index contributed by atoms with van der Waals surface area (Å²) in [5.74, 6) is 0.0273. The van der Waals surface area contributed by atoms with Gasteiger partial charge in [0.1, 0.15) is 5.75 Å². The molecule has 2 aromatic carbocycles. The van der Waals surface area contributed by atoms with Gasteiger partial charge in [-0.05, 0) is 73.9 Å². The molecule has 2 aromatic rings. The maximum atomic E-state index is 13.4. The van der Waals surface area contributed by atoms with Crippen molar-refractivity contribution in [3.63, 3.8) is 0 Å². The normalized spacial score (nSPS) is 22.5. The van der Waals surface area contributed by atoms with Gasteiger partial charge in [0.15, 0.2) is 0 Å². The van der Waals surface area contributed by atoms with Crippen LogP contribution in [0.25, 0.3) is 0 Å². The quantitative estimate of drug-likeness (QED) is 0.572. The van der Waals surface area contributed by atoms with Gasteiger partial charge in [0.05, 0.1) is 6.04 Å². The number of benzene rings is 2. The van der Waals surface area contributed by atoms with Crippen LogP contribution in [-0.4, -0.2) is 76.9 Å². The molecule has 2 heterocycles. The first-order chi connectivity index (χ1) is 17.9. The highest BCUT2D eigenvalue weighted by molar-refractivity contribution is 5.94. The van der Waals surface area contributed by atoms with Crippen LogP contribution < -0.4 is 0 Å². The van der Waals surface area contributed by atoms with Crippen molar-refractivity contribution < 1.29 is 14.7 Å². The summed E-state index contributed by atoms with van der Waals surface area (Å²) in [6.07, 6.45) is 3.63. The Kier molecular flexibility index (Phi) is 7.67. The number of phenols is 1. The molecule has 0 bridgehead atoms. The summed E-state index contributed by atoms with van der Waals surface area (Å²) in [5, 5.41) is 12.8. The van der Waals surface area contributed by atoms with Crippen molar-refractivity contribution in [2.45, 2.75) is 44.7 Å². The Morgan fingerprint density at radius 1 is 0.973 bits per heavy atom. The molecule has 0 radical (unpaired) electrons. The predicted molar refractivity (Wildman–Crippen MR) is 141 cm³/mol. The molecule has 1 N–H and O–H groups in total. The summed E-state index contributed by atoms with van der Waals surface area (Å²) in [6.45, 7) is 7.26. The number of amides is 2. The number of nitrogens with zero attached hydrogens (tertiary/aromatic N) is 4. The van der Waals surface area contributed by atoms with Crippen molar-refractivity contribution in [3.8, 4) is 5.75 Å². The number of piperazine rings is 1. The highest BCUT2D eigenvalue weighted by atomic mass is 16.3. The molecule has 8 nitrogen and oxygen atoms in total. The number of aromatic hydroxyl groups is 1. The smallest absolute Gasteiger partial charge is 0.289 e. The van der Waals surface area contributed by atoms with E-state index in [2.05, 4.69) is 28.0 Å². The molecule has 8 heteroatoms. The van der Waals surface area contributed by atoms with E-state index in [1.54, 1.807) is 11.0 Å². The number of nitroso groups, excluding NO2 is 1. The van der Waals surface area contributed by atoms with E-state index in [0.29, 0.717) is 37.5 Å². The second kappa shape index (κ2) is 11.1. The topological polar surface area (TPSA) is 93.5 Å². The monoisotopic (exact) mass is 504 g/mol. The lowest BCUT2D eigenvalue weighted by atomic mass is 9.92. The minimum atomic E-state index is -0.616. The average Bonchev–Trinajstić information content (AvgIpc) is 3.73. The summed E-state index contributed by atoms with van der Waals surface area (Å²) in [4.78, 5) is 42.5. The number of carbonyl (C=O) groups is 2. The van der Waals surface area contributed by atoms with E-state index >= 15 is 0 Å². The van der Waals surface area contributed by atoms with Gasteiger partial charge in [0.2, 0.25) is 0 Å². The third kappa shape index (κ3) is 5.91. The molecule has 3 aliphatic rings. The number of likely N-dealkylation sites (tertiary alicyclic amines) is 1. The van der Waals surface area contributed by atoms with Gasteiger partial charge in [-0.2, -0.15) is 0 Å². The molecule has 5 rings (SSSR count). The number of rotatable bonds is 7. The zero-order valence-electron chi connectivity index (χ0n) is 21.5. The zero-order chi connectivity index (χ0) is 25.9. The van der Waals surface area contributed by atoms with Gasteiger partial charge in [-0.15, -0.1) is 4.91 Å². The van der Waals surface area contributed by atoms with Crippen LogP contribution in [0.15, 0.2) is 53.7 Å². The fourth-order valence-electron chi connectivity index (χ4n) is 5.96. The fraction of sp³-hybridized carbons (Fsp3) is 0.517. The number of hydrogen-bond donors (Lipinski definition) is 1. The second-order valence-electron chi connectivity index (χ2n) is 10.9. The van der Waals surface area contributed by atoms with Gasteiger partial charge in [0.25, 0.3) is 11.8 Å². The van der Waals surface area contributed by atoms with Crippen molar-refractivity contribution in [2.75, 3.05) is 39.3 Å². The molecular formula is C29H36N4O4. The van der Waals surface area contributed by atoms with E-state index in [1.165, 1.54) is 19.4 Å². The maximum absolute atomic E-state index is 13.4. The molecule has 196 valence electrons. The molecule has 2 aliphatic heterocycles. The van der Waals surface area contributed by atoms with Crippen LogP contribution in [0.1, 0.15) is 60.1 Å². The van der Waals surface area contributed by atoms with Gasteiger partial charge in [-0.25, -0.2) is 0 Å². The molecule has 2 atom stereocenters. The third-order valence-corrected chi connectivity index (χ3v) is 8.16. The van der Waals surface area contributed by atoms with Gasteiger partial charge >= 0.3 is 0 Å². The van der Waals surface area contributed by atoms with E-state index in [1.807, 2.05) is 36.4 Å². The summed E-state index contributed by atoms with van der Waals surface area (Å²) in [6, 6.07) is 15.5. The highest BCUT2D eigenvalue weighted by Gasteiger charge is 2.34. The fourth-order valence-corrected chi connectivity index (χ4v) is 5.96. The minimum absolute atomic E-state index is 0.0660. The van der Waals surface area contributed by atoms with Crippen molar-refractivity contribution in [2.24, 2.45) is 17.0 Å². The summed E-state index contributed by atoms with van der Waals surface area (Å²) >= 11 is 0. The zero-order valence-corrected chi connectivity index (χ0v) is 21.5. The van der Waals surface area contributed by atoms with Crippen LogP contribution in [0.3, 0.4) is 0 Å². The van der Waals surface area contributed by atoms with E-state index < -0.39 is 5.91 Å². The largest absolute Gasteiger partial charge is 0.508 e. The molecule has 2 unspecified atom stereocenters. The number of phenolic OH excluding ortho intramolecular Hbond substituents is 1. The SMILES string of the molecule is CC1CN(CC2CC2)CCN1C(c1cccc(O)c1)c1cccc(C(=O)N2CCC(C(=O)N=O)CC2)c1. The van der Waals surface area contributed by atoms with Gasteiger partial charge in [-0.1, -0.05) is 24.3 Å². The summed E-state index contributed by atoms with van der Waals surface area (Å²) < 4.78 is 0. The molecule has 1 saturated carbocycles. The Hall–Kier alpha value is -3.10. The molecule has 2 saturated heterocycles. The first-order valence-electron chi connectivity index (χ1n) is 13.5. The number of carbonyl (C=O) groups excluding carboxylic acids is 2. The van der Waals surface area contributed by atoms with Crippen LogP contribution in [0.2, 0.25) is 0 Å². The molecule has 2 amide bonds. The molecule has 3 fully saturated rings. The molecule has 0 aromatic heterocycles. The summed E-state index contributed by atoms with van der Waals surface area (Å²) in [5.41, 5.74) is 2.64. The van der Waals surface area contributed by atoms with Crippen molar-refractivity contribution in [3.05, 3.63) is 70.1 Å². The number of hydrogen-bond acceptors (Lipinski definition) is 6. The van der Waals surface area contributed by atoms with E-state index in [-0.39, 0.29) is 23.6 Å². The summed E-state index contributed by atoms with van der Waals surface area (Å²) in [7, 11) is 0. The Bertz CT molecular complexity index is 1140. The van der Waals surface area contributed by atoms with Gasteiger partial charge in [-0.3, -0.25) is 14.5 Å². The van der Waals surface area contributed by atoms with Crippen LogP contribution in [0.4, 0.5) is 0 Å². The van der Waals surface area contributed by atoms with Crippen LogP contribution >= 0.6 is 0 Å². The van der Waals surface area contributed by atoms with E-state index in [4.69, 9.17) is 0 Å². The Labute approximate surface area is 218 Å². The number of piperidine rings is 1. The molecule has 0 spiro atoms. The van der Waals surface area contributed by atoms with Crippen LogP contribution in [0.5, 0.6) is 5.75 Å².